The van der Waals surface area contributed by atoms with Crippen LogP contribution < -0.4 is 11.3 Å². The molecule has 0 amide bonds. The summed E-state index contributed by atoms with van der Waals surface area (Å²) in [6.07, 6.45) is 9.99. The first-order valence-corrected chi connectivity index (χ1v) is 6.04. The second-order valence-corrected chi connectivity index (χ2v) is 4.69. The fraction of sp³-hybridized carbons (Fsp3) is 0.833. The lowest BCUT2D eigenvalue weighted by molar-refractivity contribution is 0.371. The summed E-state index contributed by atoms with van der Waals surface area (Å²) in [5.41, 5.74) is 4.48. The first-order valence-electron chi connectivity index (χ1n) is 6.04. The van der Waals surface area contributed by atoms with Crippen LogP contribution in [-0.4, -0.2) is 31.6 Å². The number of nitrogens with one attached hydrogen (secondary N) is 1. The largest absolute Gasteiger partial charge is 0.309 e. The third-order valence-corrected chi connectivity index (χ3v) is 3.09. The molecule has 0 heterocycles. The summed E-state index contributed by atoms with van der Waals surface area (Å²) >= 11 is 0. The lowest BCUT2D eigenvalue weighted by Gasteiger charge is -2.21. The van der Waals surface area contributed by atoms with E-state index in [1.165, 1.54) is 37.7 Å². The number of allylic oxidation sites excluding steroid dienone is 1. The van der Waals surface area contributed by atoms with Gasteiger partial charge < -0.3 is 4.90 Å². The minimum atomic E-state index is 0.380. The van der Waals surface area contributed by atoms with Crippen molar-refractivity contribution < 1.29 is 0 Å². The predicted molar refractivity (Wildman–Crippen MR) is 65.5 cm³/mol. The molecule has 0 aromatic carbocycles. The van der Waals surface area contributed by atoms with Crippen molar-refractivity contribution >= 4 is 0 Å². The molecule has 3 heteroatoms. The van der Waals surface area contributed by atoms with Crippen molar-refractivity contribution in [2.24, 2.45) is 5.84 Å². The smallest absolute Gasteiger partial charge is 0.0431 e. The number of hydrogen-bond donors (Lipinski definition) is 2. The van der Waals surface area contributed by atoms with Gasteiger partial charge in [-0.25, -0.2) is 0 Å². The second kappa shape index (κ2) is 6.99. The molecule has 1 atom stereocenters. The van der Waals surface area contributed by atoms with Crippen LogP contribution in [-0.2, 0) is 0 Å². The molecule has 1 rings (SSSR count). The van der Waals surface area contributed by atoms with Gasteiger partial charge in [-0.2, -0.15) is 0 Å². The van der Waals surface area contributed by atoms with Crippen LogP contribution in [0.2, 0.25) is 0 Å². The normalized spacial score (nSPS) is 19.9. The highest BCUT2D eigenvalue weighted by Crippen LogP contribution is 2.21. The number of hydrogen-bond acceptors (Lipinski definition) is 3. The SMILES string of the molecule is CN(C)CCC(NN)C1=CCCCCC1. The molecule has 0 spiro atoms. The third kappa shape index (κ3) is 4.78. The van der Waals surface area contributed by atoms with Crippen molar-refractivity contribution in [1.29, 1.82) is 0 Å². The maximum absolute atomic E-state index is 5.63. The fourth-order valence-electron chi connectivity index (χ4n) is 2.12. The topological polar surface area (TPSA) is 41.3 Å². The van der Waals surface area contributed by atoms with E-state index in [9.17, 15) is 0 Å². The minimum Gasteiger partial charge on any atom is -0.309 e. The number of hydrazine groups is 1. The Kier molecular flexibility index (Phi) is 5.91. The first kappa shape index (κ1) is 12.7. The van der Waals surface area contributed by atoms with Gasteiger partial charge in [0.05, 0.1) is 0 Å². The van der Waals surface area contributed by atoms with E-state index in [0.717, 1.165) is 13.0 Å². The van der Waals surface area contributed by atoms with E-state index in [0.29, 0.717) is 6.04 Å². The maximum atomic E-state index is 5.63. The Morgan fingerprint density at radius 2 is 2.20 bits per heavy atom. The van der Waals surface area contributed by atoms with Gasteiger partial charge in [0.25, 0.3) is 0 Å². The first-order chi connectivity index (χ1) is 7.24. The Balaban J connectivity index is 2.44. The zero-order chi connectivity index (χ0) is 11.1. The Morgan fingerprint density at radius 3 is 2.87 bits per heavy atom. The summed E-state index contributed by atoms with van der Waals surface area (Å²) < 4.78 is 0. The Hall–Kier alpha value is -0.380. The minimum absolute atomic E-state index is 0.380. The Labute approximate surface area is 93.7 Å². The molecule has 0 fully saturated rings. The van der Waals surface area contributed by atoms with E-state index in [1.807, 2.05) is 0 Å². The third-order valence-electron chi connectivity index (χ3n) is 3.09. The highest BCUT2D eigenvalue weighted by atomic mass is 15.2. The van der Waals surface area contributed by atoms with Crippen molar-refractivity contribution in [2.75, 3.05) is 20.6 Å². The molecule has 88 valence electrons. The molecule has 0 aromatic heterocycles. The van der Waals surface area contributed by atoms with Crippen LogP contribution in [0.15, 0.2) is 11.6 Å². The van der Waals surface area contributed by atoms with Gasteiger partial charge in [0.1, 0.15) is 0 Å². The summed E-state index contributed by atoms with van der Waals surface area (Å²) in [4.78, 5) is 2.21. The molecule has 15 heavy (non-hydrogen) atoms. The number of nitrogens with zero attached hydrogens (tertiary/aromatic N) is 1. The van der Waals surface area contributed by atoms with Gasteiger partial charge >= 0.3 is 0 Å². The second-order valence-electron chi connectivity index (χ2n) is 4.69. The monoisotopic (exact) mass is 211 g/mol. The molecule has 0 saturated heterocycles. The van der Waals surface area contributed by atoms with Gasteiger partial charge in [0, 0.05) is 6.04 Å². The van der Waals surface area contributed by atoms with Gasteiger partial charge in [-0.1, -0.05) is 18.1 Å². The predicted octanol–water partition coefficient (Wildman–Crippen LogP) is 1.66. The standard InChI is InChI=1S/C12H25N3/c1-15(2)10-9-12(14-13)11-7-5-3-4-6-8-11/h7,12,14H,3-6,8-10,13H2,1-2H3. The molecule has 0 aromatic rings. The molecule has 1 unspecified atom stereocenters. The molecule has 1 aliphatic carbocycles. The van der Waals surface area contributed by atoms with Crippen LogP contribution in [0.4, 0.5) is 0 Å². The van der Waals surface area contributed by atoms with Crippen molar-refractivity contribution in [2.45, 2.75) is 44.6 Å². The molecular weight excluding hydrogens is 186 g/mol. The Bertz CT molecular complexity index is 199. The van der Waals surface area contributed by atoms with Crippen molar-refractivity contribution in [3.05, 3.63) is 11.6 Å². The lowest BCUT2D eigenvalue weighted by atomic mass is 9.99. The average Bonchev–Trinajstić information content (AvgIpc) is 2.47. The van der Waals surface area contributed by atoms with Crippen molar-refractivity contribution in [1.82, 2.24) is 10.3 Å². The molecule has 3 nitrogen and oxygen atoms in total. The summed E-state index contributed by atoms with van der Waals surface area (Å²) in [5.74, 6) is 5.63. The van der Waals surface area contributed by atoms with Crippen LogP contribution in [0.25, 0.3) is 0 Å². The van der Waals surface area contributed by atoms with Crippen LogP contribution >= 0.6 is 0 Å². The highest BCUT2D eigenvalue weighted by molar-refractivity contribution is 5.11. The molecular formula is C12H25N3. The van der Waals surface area contributed by atoms with E-state index in [4.69, 9.17) is 5.84 Å². The van der Waals surface area contributed by atoms with Crippen LogP contribution in [0, 0.1) is 0 Å². The van der Waals surface area contributed by atoms with E-state index in [2.05, 4.69) is 30.5 Å². The summed E-state index contributed by atoms with van der Waals surface area (Å²) in [7, 11) is 4.21. The lowest BCUT2D eigenvalue weighted by Crippen LogP contribution is -2.38. The molecule has 1 aliphatic rings. The van der Waals surface area contributed by atoms with Gasteiger partial charge in [-0.3, -0.25) is 11.3 Å². The highest BCUT2D eigenvalue weighted by Gasteiger charge is 2.13. The zero-order valence-corrected chi connectivity index (χ0v) is 10.1. The quantitative estimate of drug-likeness (QED) is 0.413. The fourth-order valence-corrected chi connectivity index (χ4v) is 2.12. The summed E-state index contributed by atoms with van der Waals surface area (Å²) in [5, 5.41) is 0. The van der Waals surface area contributed by atoms with Crippen LogP contribution in [0.5, 0.6) is 0 Å². The average molecular weight is 211 g/mol. The molecule has 0 saturated carbocycles. The number of rotatable bonds is 5. The molecule has 0 radical (unpaired) electrons. The van der Waals surface area contributed by atoms with Gasteiger partial charge in [-0.05, 0) is 52.7 Å². The zero-order valence-electron chi connectivity index (χ0n) is 10.1. The maximum Gasteiger partial charge on any atom is 0.0431 e. The molecule has 0 aliphatic heterocycles. The van der Waals surface area contributed by atoms with E-state index in [-0.39, 0.29) is 0 Å². The van der Waals surface area contributed by atoms with E-state index >= 15 is 0 Å². The summed E-state index contributed by atoms with van der Waals surface area (Å²) in [6.45, 7) is 1.09. The van der Waals surface area contributed by atoms with Gasteiger partial charge in [0.15, 0.2) is 0 Å². The van der Waals surface area contributed by atoms with Crippen molar-refractivity contribution in [3.8, 4) is 0 Å². The number of nitrogens with two attached hydrogens (primary N) is 1. The molecule has 3 N–H and O–H groups in total. The van der Waals surface area contributed by atoms with Gasteiger partial charge in [-0.15, -0.1) is 0 Å². The van der Waals surface area contributed by atoms with Gasteiger partial charge in [0.2, 0.25) is 0 Å². The molecule has 0 bridgehead atoms. The Morgan fingerprint density at radius 1 is 1.40 bits per heavy atom. The van der Waals surface area contributed by atoms with E-state index < -0.39 is 0 Å². The van der Waals surface area contributed by atoms with Crippen molar-refractivity contribution in [3.63, 3.8) is 0 Å². The van der Waals surface area contributed by atoms with E-state index in [1.54, 1.807) is 0 Å². The summed E-state index contributed by atoms with van der Waals surface area (Å²) in [6, 6.07) is 0.380. The van der Waals surface area contributed by atoms with Crippen LogP contribution in [0.3, 0.4) is 0 Å². The van der Waals surface area contributed by atoms with Crippen LogP contribution in [0.1, 0.15) is 38.5 Å².